The molecule has 1 spiro atoms. The molecule has 0 aromatic heterocycles. The SMILES string of the molecule is CC(C)[C@H]1C2c3ccccc3C23c2ccccc2C3[C@@H]1C(C)C. The molecule has 0 saturated heterocycles. The monoisotopic (exact) mass is 302 g/mol. The lowest BCUT2D eigenvalue weighted by Gasteiger charge is -2.59. The van der Waals surface area contributed by atoms with E-state index >= 15 is 0 Å². The molecule has 1 saturated carbocycles. The topological polar surface area (TPSA) is 0 Å². The van der Waals surface area contributed by atoms with Gasteiger partial charge >= 0.3 is 0 Å². The average molecular weight is 302 g/mol. The fraction of sp³-hybridized carbons (Fsp3) is 0.478. The van der Waals surface area contributed by atoms with E-state index in [2.05, 4.69) is 76.2 Å². The third kappa shape index (κ3) is 1.32. The molecule has 0 aliphatic heterocycles. The van der Waals surface area contributed by atoms with Crippen LogP contribution in [0.15, 0.2) is 48.5 Å². The molecule has 2 unspecified atom stereocenters. The van der Waals surface area contributed by atoms with E-state index in [4.69, 9.17) is 0 Å². The van der Waals surface area contributed by atoms with Crippen LogP contribution in [0.4, 0.5) is 0 Å². The van der Waals surface area contributed by atoms with Gasteiger partial charge in [0.25, 0.3) is 0 Å². The van der Waals surface area contributed by atoms with Gasteiger partial charge in [-0.3, -0.25) is 0 Å². The van der Waals surface area contributed by atoms with E-state index in [1.165, 1.54) is 0 Å². The third-order valence-corrected chi connectivity index (χ3v) is 7.22. The van der Waals surface area contributed by atoms with Gasteiger partial charge in [0.1, 0.15) is 0 Å². The number of benzene rings is 2. The Kier molecular flexibility index (Phi) is 2.58. The lowest BCUT2D eigenvalue weighted by Crippen LogP contribution is -2.53. The molecule has 0 nitrogen and oxygen atoms in total. The molecule has 0 amide bonds. The fourth-order valence-corrected chi connectivity index (χ4v) is 6.76. The molecule has 0 radical (unpaired) electrons. The highest BCUT2D eigenvalue weighted by Gasteiger charge is 2.73. The van der Waals surface area contributed by atoms with E-state index in [1.54, 1.807) is 22.3 Å². The van der Waals surface area contributed by atoms with E-state index in [-0.39, 0.29) is 0 Å². The zero-order valence-corrected chi connectivity index (χ0v) is 14.6. The van der Waals surface area contributed by atoms with E-state index in [0.717, 1.165) is 35.5 Å². The molecule has 0 N–H and O–H groups in total. The van der Waals surface area contributed by atoms with Gasteiger partial charge in [-0.25, -0.2) is 0 Å². The van der Waals surface area contributed by atoms with Gasteiger partial charge in [0.15, 0.2) is 0 Å². The predicted molar refractivity (Wildman–Crippen MR) is 95.8 cm³/mol. The minimum Gasteiger partial charge on any atom is -0.0625 e. The summed E-state index contributed by atoms with van der Waals surface area (Å²) in [6, 6.07) is 18.6. The first-order chi connectivity index (χ1) is 11.1. The highest BCUT2D eigenvalue weighted by molar-refractivity contribution is 5.71. The van der Waals surface area contributed by atoms with Crippen LogP contribution in [0.1, 0.15) is 61.8 Å². The summed E-state index contributed by atoms with van der Waals surface area (Å²) in [6.07, 6.45) is 0. The van der Waals surface area contributed by atoms with Crippen molar-refractivity contribution in [2.75, 3.05) is 0 Å². The zero-order chi connectivity index (χ0) is 15.9. The highest BCUT2D eigenvalue weighted by atomic mass is 14.8. The standard InChI is InChI=1S/C23H26/c1-13(2)19-20(14(3)4)22-16-10-6-8-12-18(16)23(22)17-11-7-5-9-15(17)21(19)23/h5-14,19-22H,1-4H3/t19-,20-,21?,22?,23?/m1/s1. The van der Waals surface area contributed by atoms with Gasteiger partial charge in [-0.1, -0.05) is 76.2 Å². The molecule has 0 heterocycles. The summed E-state index contributed by atoms with van der Waals surface area (Å²) in [7, 11) is 0. The number of hydrogen-bond acceptors (Lipinski definition) is 0. The maximum atomic E-state index is 2.45. The third-order valence-electron chi connectivity index (χ3n) is 7.22. The highest BCUT2D eigenvalue weighted by Crippen LogP contribution is 2.80. The molecule has 4 atom stereocenters. The molecule has 0 heteroatoms. The Morgan fingerprint density at radius 2 is 1.04 bits per heavy atom. The molecule has 0 bridgehead atoms. The van der Waals surface area contributed by atoms with Gasteiger partial charge < -0.3 is 0 Å². The van der Waals surface area contributed by atoms with Gasteiger partial charge in [-0.2, -0.15) is 0 Å². The molecule has 118 valence electrons. The molecule has 1 fully saturated rings. The first kappa shape index (κ1) is 13.8. The lowest BCUT2D eigenvalue weighted by molar-refractivity contribution is 0.205. The summed E-state index contributed by atoms with van der Waals surface area (Å²) in [5.74, 6) is 4.60. The largest absolute Gasteiger partial charge is 0.0625 e. The normalized spacial score (nSPS) is 35.9. The first-order valence-corrected chi connectivity index (χ1v) is 9.29. The van der Waals surface area contributed by atoms with Gasteiger partial charge in [0.05, 0.1) is 0 Å². The Morgan fingerprint density at radius 1 is 0.652 bits per heavy atom. The quantitative estimate of drug-likeness (QED) is 0.665. The summed E-state index contributed by atoms with van der Waals surface area (Å²) in [5.41, 5.74) is 6.92. The van der Waals surface area contributed by atoms with E-state index in [9.17, 15) is 0 Å². The smallest absolute Gasteiger partial charge is 0.0351 e. The zero-order valence-electron chi connectivity index (χ0n) is 14.6. The Balaban J connectivity index is 1.80. The van der Waals surface area contributed by atoms with Crippen LogP contribution in [0, 0.1) is 23.7 Å². The Morgan fingerprint density at radius 3 is 1.43 bits per heavy atom. The van der Waals surface area contributed by atoms with Gasteiger partial charge in [-0.05, 0) is 45.9 Å². The van der Waals surface area contributed by atoms with Crippen molar-refractivity contribution in [2.45, 2.75) is 44.9 Å². The van der Waals surface area contributed by atoms with Crippen LogP contribution in [0.2, 0.25) is 0 Å². The molecular formula is C23H26. The number of fused-ring (bicyclic) bond motifs is 4. The summed E-state index contributed by atoms with van der Waals surface area (Å²) in [4.78, 5) is 0. The lowest BCUT2D eigenvalue weighted by atomic mass is 9.43. The van der Waals surface area contributed by atoms with Crippen molar-refractivity contribution in [3.05, 3.63) is 70.8 Å². The first-order valence-electron chi connectivity index (χ1n) is 9.29. The van der Waals surface area contributed by atoms with Crippen LogP contribution in [0.5, 0.6) is 0 Å². The van der Waals surface area contributed by atoms with E-state index < -0.39 is 0 Å². The van der Waals surface area contributed by atoms with E-state index in [1.807, 2.05) is 0 Å². The summed E-state index contributed by atoms with van der Waals surface area (Å²) in [6.45, 7) is 9.79. The van der Waals surface area contributed by atoms with Crippen molar-refractivity contribution >= 4 is 0 Å². The van der Waals surface area contributed by atoms with Gasteiger partial charge in [0, 0.05) is 17.3 Å². The van der Waals surface area contributed by atoms with Crippen molar-refractivity contribution < 1.29 is 0 Å². The fourth-order valence-electron chi connectivity index (χ4n) is 6.76. The molecule has 5 rings (SSSR count). The second kappa shape index (κ2) is 4.29. The van der Waals surface area contributed by atoms with Crippen molar-refractivity contribution in [1.82, 2.24) is 0 Å². The minimum absolute atomic E-state index is 0.344. The number of hydrogen-bond donors (Lipinski definition) is 0. The predicted octanol–water partition coefficient (Wildman–Crippen LogP) is 5.73. The van der Waals surface area contributed by atoms with Gasteiger partial charge in [-0.15, -0.1) is 0 Å². The van der Waals surface area contributed by atoms with Crippen molar-refractivity contribution in [2.24, 2.45) is 23.7 Å². The van der Waals surface area contributed by atoms with Crippen LogP contribution in [-0.2, 0) is 5.41 Å². The van der Waals surface area contributed by atoms with Crippen LogP contribution >= 0.6 is 0 Å². The molecule has 2 aromatic rings. The van der Waals surface area contributed by atoms with Crippen LogP contribution in [0.3, 0.4) is 0 Å². The second-order valence-electron chi connectivity index (χ2n) is 8.64. The summed E-state index contributed by atoms with van der Waals surface area (Å²) >= 11 is 0. The second-order valence-corrected chi connectivity index (χ2v) is 8.64. The van der Waals surface area contributed by atoms with Crippen LogP contribution in [-0.4, -0.2) is 0 Å². The maximum Gasteiger partial charge on any atom is 0.0351 e. The molecule has 3 aliphatic carbocycles. The van der Waals surface area contributed by atoms with Gasteiger partial charge in [0.2, 0.25) is 0 Å². The van der Waals surface area contributed by atoms with Crippen LogP contribution in [0.25, 0.3) is 0 Å². The Labute approximate surface area is 139 Å². The van der Waals surface area contributed by atoms with Crippen molar-refractivity contribution in [3.8, 4) is 0 Å². The Bertz CT molecular complexity index is 715. The molecule has 23 heavy (non-hydrogen) atoms. The summed E-state index contributed by atoms with van der Waals surface area (Å²) < 4.78 is 0. The number of rotatable bonds is 2. The minimum atomic E-state index is 0.344. The summed E-state index contributed by atoms with van der Waals surface area (Å²) in [5, 5.41) is 0. The Hall–Kier alpha value is -1.56. The molecule has 2 aromatic carbocycles. The molecule has 3 aliphatic rings. The van der Waals surface area contributed by atoms with E-state index in [0.29, 0.717) is 5.41 Å². The van der Waals surface area contributed by atoms with Crippen LogP contribution < -0.4 is 0 Å². The average Bonchev–Trinajstić information content (AvgIpc) is 2.74. The maximum absolute atomic E-state index is 2.45. The molecular weight excluding hydrogens is 276 g/mol. The van der Waals surface area contributed by atoms with Crippen molar-refractivity contribution in [3.63, 3.8) is 0 Å². The van der Waals surface area contributed by atoms with Crippen molar-refractivity contribution in [1.29, 1.82) is 0 Å².